The highest BCUT2D eigenvalue weighted by Crippen LogP contribution is 2.36. The van der Waals surface area contributed by atoms with E-state index in [-0.39, 0.29) is 6.09 Å². The van der Waals surface area contributed by atoms with Crippen LogP contribution in [0.25, 0.3) is 0 Å². The molecule has 0 aromatic rings. The second kappa shape index (κ2) is 6.36. The van der Waals surface area contributed by atoms with Gasteiger partial charge in [-0.1, -0.05) is 26.2 Å². The lowest BCUT2D eigenvalue weighted by atomic mass is 9.77. The minimum atomic E-state index is -0.392. The molecule has 2 atom stereocenters. The average molecular weight is 281 g/mol. The summed E-state index contributed by atoms with van der Waals surface area (Å²) < 4.78 is 5.62. The summed E-state index contributed by atoms with van der Waals surface area (Å²) in [6, 6.07) is 0.411. The van der Waals surface area contributed by atoms with E-state index < -0.39 is 5.60 Å². The summed E-state index contributed by atoms with van der Waals surface area (Å²) >= 11 is 0. The van der Waals surface area contributed by atoms with E-state index in [0.29, 0.717) is 12.0 Å². The van der Waals surface area contributed by atoms with E-state index in [1.165, 1.54) is 32.1 Å². The van der Waals surface area contributed by atoms with Gasteiger partial charge < -0.3 is 9.64 Å². The highest BCUT2D eigenvalue weighted by Gasteiger charge is 2.37. The van der Waals surface area contributed by atoms with Crippen molar-refractivity contribution >= 4 is 6.09 Å². The van der Waals surface area contributed by atoms with Gasteiger partial charge >= 0.3 is 6.09 Å². The van der Waals surface area contributed by atoms with Crippen LogP contribution >= 0.6 is 0 Å². The first-order valence-corrected chi connectivity index (χ1v) is 8.36. The average Bonchev–Trinajstić information content (AvgIpc) is 2.37. The minimum absolute atomic E-state index is 0.0972. The van der Waals surface area contributed by atoms with E-state index in [0.717, 1.165) is 25.3 Å². The van der Waals surface area contributed by atoms with Crippen molar-refractivity contribution < 1.29 is 9.53 Å². The Kier molecular flexibility index (Phi) is 4.98. The second-order valence-electron chi connectivity index (χ2n) is 7.77. The zero-order valence-corrected chi connectivity index (χ0v) is 13.7. The smallest absolute Gasteiger partial charge is 0.410 e. The highest BCUT2D eigenvalue weighted by molar-refractivity contribution is 5.68. The van der Waals surface area contributed by atoms with Gasteiger partial charge in [-0.2, -0.15) is 0 Å². The molecule has 3 heteroatoms. The molecule has 0 aromatic carbocycles. The van der Waals surface area contributed by atoms with E-state index in [2.05, 4.69) is 6.92 Å². The van der Waals surface area contributed by atoms with Crippen LogP contribution in [-0.2, 0) is 4.74 Å². The third-order valence-corrected chi connectivity index (χ3v) is 4.73. The molecule has 20 heavy (non-hydrogen) atoms. The summed E-state index contributed by atoms with van der Waals surface area (Å²) in [6.07, 6.45) is 8.78. The first-order valence-electron chi connectivity index (χ1n) is 8.36. The molecule has 0 spiro atoms. The maximum Gasteiger partial charge on any atom is 0.410 e. The van der Waals surface area contributed by atoms with Gasteiger partial charge in [-0.3, -0.25) is 0 Å². The minimum Gasteiger partial charge on any atom is -0.444 e. The van der Waals surface area contributed by atoms with Crippen LogP contribution in [0.5, 0.6) is 0 Å². The number of piperidine rings is 1. The van der Waals surface area contributed by atoms with E-state index in [1.54, 1.807) is 0 Å². The maximum absolute atomic E-state index is 12.5. The maximum atomic E-state index is 12.5. The lowest BCUT2D eigenvalue weighted by molar-refractivity contribution is -0.00745. The fourth-order valence-corrected chi connectivity index (χ4v) is 3.70. The van der Waals surface area contributed by atoms with E-state index >= 15 is 0 Å². The number of hydrogen-bond acceptors (Lipinski definition) is 2. The summed E-state index contributed by atoms with van der Waals surface area (Å²) in [6.45, 7) is 9.05. The van der Waals surface area contributed by atoms with Crippen LogP contribution in [0.1, 0.15) is 72.6 Å². The van der Waals surface area contributed by atoms with Gasteiger partial charge in [0.15, 0.2) is 0 Å². The van der Waals surface area contributed by atoms with Crippen LogP contribution in [0.15, 0.2) is 0 Å². The summed E-state index contributed by atoms with van der Waals surface area (Å²) in [5, 5.41) is 0. The lowest BCUT2D eigenvalue weighted by Crippen LogP contribution is -2.51. The molecule has 1 amide bonds. The molecule has 1 aliphatic carbocycles. The Bertz CT molecular complexity index is 328. The largest absolute Gasteiger partial charge is 0.444 e. The molecule has 1 saturated carbocycles. The van der Waals surface area contributed by atoms with Crippen molar-refractivity contribution in [2.45, 2.75) is 84.3 Å². The van der Waals surface area contributed by atoms with Crippen LogP contribution in [-0.4, -0.2) is 29.2 Å². The highest BCUT2D eigenvalue weighted by atomic mass is 16.6. The number of nitrogens with zero attached hydrogens (tertiary/aromatic N) is 1. The second-order valence-corrected chi connectivity index (χ2v) is 7.77. The van der Waals surface area contributed by atoms with Crippen molar-refractivity contribution in [1.82, 2.24) is 4.90 Å². The summed E-state index contributed by atoms with van der Waals surface area (Å²) in [7, 11) is 0. The van der Waals surface area contributed by atoms with Crippen molar-refractivity contribution in [2.24, 2.45) is 11.8 Å². The van der Waals surface area contributed by atoms with Crippen molar-refractivity contribution in [2.75, 3.05) is 6.54 Å². The molecule has 0 radical (unpaired) electrons. The molecule has 0 unspecified atom stereocenters. The van der Waals surface area contributed by atoms with E-state index in [4.69, 9.17) is 4.74 Å². The monoisotopic (exact) mass is 281 g/mol. The Morgan fingerprint density at radius 3 is 2.35 bits per heavy atom. The lowest BCUT2D eigenvalue weighted by Gasteiger charge is -2.44. The van der Waals surface area contributed by atoms with Gasteiger partial charge in [-0.15, -0.1) is 0 Å². The normalized spacial score (nSPS) is 29.3. The van der Waals surface area contributed by atoms with Crippen molar-refractivity contribution in [3.63, 3.8) is 0 Å². The number of carbonyl (C=O) groups is 1. The molecule has 1 aliphatic heterocycles. The quantitative estimate of drug-likeness (QED) is 0.703. The molecular formula is C17H31NO2. The molecule has 116 valence electrons. The predicted octanol–water partition coefficient (Wildman–Crippen LogP) is 4.60. The fourth-order valence-electron chi connectivity index (χ4n) is 3.70. The first kappa shape index (κ1) is 15.7. The number of amides is 1. The van der Waals surface area contributed by atoms with Gasteiger partial charge in [0, 0.05) is 12.6 Å². The Morgan fingerprint density at radius 2 is 1.75 bits per heavy atom. The van der Waals surface area contributed by atoms with Gasteiger partial charge in [0.05, 0.1) is 0 Å². The number of ether oxygens (including phenoxy) is 1. The van der Waals surface area contributed by atoms with Crippen LogP contribution in [0.3, 0.4) is 0 Å². The zero-order chi connectivity index (χ0) is 14.8. The molecule has 0 N–H and O–H groups in total. The molecule has 2 fully saturated rings. The van der Waals surface area contributed by atoms with E-state index in [1.807, 2.05) is 25.7 Å². The Labute approximate surface area is 124 Å². The van der Waals surface area contributed by atoms with Crippen LogP contribution < -0.4 is 0 Å². The number of rotatable bonds is 1. The zero-order valence-electron chi connectivity index (χ0n) is 13.7. The molecular weight excluding hydrogens is 250 g/mol. The fraction of sp³-hybridized carbons (Fsp3) is 0.941. The van der Waals surface area contributed by atoms with Gasteiger partial charge in [0.1, 0.15) is 5.60 Å². The third-order valence-electron chi connectivity index (χ3n) is 4.73. The molecule has 3 nitrogen and oxygen atoms in total. The van der Waals surface area contributed by atoms with Gasteiger partial charge in [0.25, 0.3) is 0 Å². The molecule has 1 saturated heterocycles. The standard InChI is InChI=1S/C17H31NO2/c1-13-10-11-18(16(19)20-17(2,3)4)15(12-13)14-8-6-5-7-9-14/h13-15H,5-12H2,1-4H3/t13-,15+/m1/s1. The Hall–Kier alpha value is -0.730. The Morgan fingerprint density at radius 1 is 1.10 bits per heavy atom. The van der Waals surface area contributed by atoms with Gasteiger partial charge in [-0.25, -0.2) is 4.79 Å². The summed E-state index contributed by atoms with van der Waals surface area (Å²) in [5.74, 6) is 1.43. The third kappa shape index (κ3) is 4.13. The number of hydrogen-bond donors (Lipinski definition) is 0. The topological polar surface area (TPSA) is 29.5 Å². The number of carbonyl (C=O) groups excluding carboxylic acids is 1. The van der Waals surface area contributed by atoms with E-state index in [9.17, 15) is 4.79 Å². The SMILES string of the molecule is C[C@@H]1CCN(C(=O)OC(C)(C)C)[C@H](C2CCCCC2)C1. The molecule has 2 rings (SSSR count). The van der Waals surface area contributed by atoms with Crippen molar-refractivity contribution in [3.05, 3.63) is 0 Å². The van der Waals surface area contributed by atoms with Gasteiger partial charge in [-0.05, 0) is 58.3 Å². The molecule has 0 bridgehead atoms. The van der Waals surface area contributed by atoms with Crippen molar-refractivity contribution in [3.8, 4) is 0 Å². The summed E-state index contributed by atoms with van der Waals surface area (Å²) in [5.41, 5.74) is -0.392. The van der Waals surface area contributed by atoms with Crippen molar-refractivity contribution in [1.29, 1.82) is 0 Å². The van der Waals surface area contributed by atoms with Crippen LogP contribution in [0, 0.1) is 11.8 Å². The Balaban J connectivity index is 2.05. The number of likely N-dealkylation sites (tertiary alicyclic amines) is 1. The molecule has 0 aromatic heterocycles. The molecule has 2 aliphatic rings. The summed E-state index contributed by atoms with van der Waals surface area (Å²) in [4.78, 5) is 14.5. The van der Waals surface area contributed by atoms with Crippen LogP contribution in [0.2, 0.25) is 0 Å². The molecule has 1 heterocycles. The predicted molar refractivity (Wildman–Crippen MR) is 81.7 cm³/mol. The van der Waals surface area contributed by atoms with Gasteiger partial charge in [0.2, 0.25) is 0 Å². The first-order chi connectivity index (χ1) is 9.37. The van der Waals surface area contributed by atoms with Crippen LogP contribution in [0.4, 0.5) is 4.79 Å².